The lowest BCUT2D eigenvalue weighted by Crippen LogP contribution is -2.48. The minimum absolute atomic E-state index is 0.00373. The van der Waals surface area contributed by atoms with E-state index in [0.717, 1.165) is 11.1 Å². The normalized spacial score (nSPS) is 11.8. The van der Waals surface area contributed by atoms with Gasteiger partial charge < -0.3 is 14.2 Å². The summed E-state index contributed by atoms with van der Waals surface area (Å²) in [7, 11) is -2.61. The largest absolute Gasteiger partial charge is 0.472 e. The van der Waals surface area contributed by atoms with E-state index in [1.54, 1.807) is 49.4 Å². The Bertz CT molecular complexity index is 1450. The number of benzene rings is 3. The number of carbonyl (C=O) groups excluding carboxylic acids is 2. The first-order chi connectivity index (χ1) is 20.0. The summed E-state index contributed by atoms with van der Waals surface area (Å²) >= 11 is 0. The van der Waals surface area contributed by atoms with Gasteiger partial charge in [-0.25, -0.2) is 18.2 Å². The number of sulfone groups is 1. The number of hydrogen-bond acceptors (Lipinski definition) is 8. The maximum absolute atomic E-state index is 13.3. The molecule has 0 aliphatic carbocycles. The minimum atomic E-state index is -5.02. The second kappa shape index (κ2) is 14.8. The first kappa shape index (κ1) is 32.6. The molecule has 3 aromatic rings. The Balaban J connectivity index is 1.70. The van der Waals surface area contributed by atoms with Gasteiger partial charge in [-0.1, -0.05) is 42.5 Å². The molecule has 0 unspecified atom stereocenters. The van der Waals surface area contributed by atoms with Crippen LogP contribution in [0.4, 0.5) is 13.2 Å². The number of alkyl halides is 3. The van der Waals surface area contributed by atoms with Crippen LogP contribution in [0.2, 0.25) is 0 Å². The highest BCUT2D eigenvalue weighted by Gasteiger charge is 2.39. The van der Waals surface area contributed by atoms with Gasteiger partial charge >= 0.3 is 18.1 Å². The lowest BCUT2D eigenvalue weighted by Gasteiger charge is -2.24. The molecule has 0 aliphatic heterocycles. The fraction of sp³-hybridized carbons (Fsp3) is 0.310. The maximum Gasteiger partial charge on any atom is 0.472 e. The third kappa shape index (κ3) is 9.03. The van der Waals surface area contributed by atoms with Crippen LogP contribution in [-0.4, -0.2) is 58.5 Å². The van der Waals surface area contributed by atoms with Crippen LogP contribution in [0.3, 0.4) is 0 Å². The van der Waals surface area contributed by atoms with Crippen molar-refractivity contribution in [3.63, 3.8) is 0 Å². The van der Waals surface area contributed by atoms with E-state index in [4.69, 9.17) is 14.2 Å². The molecule has 1 amide bonds. The lowest BCUT2D eigenvalue weighted by molar-refractivity contribution is -0.179. The molecule has 0 aliphatic rings. The second-order valence-corrected chi connectivity index (χ2v) is 11.0. The molecule has 226 valence electrons. The van der Waals surface area contributed by atoms with Crippen LogP contribution >= 0.6 is 0 Å². The Labute approximate surface area is 242 Å². The molecule has 42 heavy (non-hydrogen) atoms. The highest BCUT2D eigenvalue weighted by atomic mass is 32.2. The van der Waals surface area contributed by atoms with Gasteiger partial charge in [-0.2, -0.15) is 13.2 Å². The third-order valence-corrected chi connectivity index (χ3v) is 7.72. The zero-order valence-corrected chi connectivity index (χ0v) is 23.8. The molecule has 0 saturated carbocycles. The van der Waals surface area contributed by atoms with Crippen molar-refractivity contribution in [3.8, 4) is 5.75 Å². The van der Waals surface area contributed by atoms with Gasteiger partial charge in [0, 0.05) is 26.3 Å². The van der Waals surface area contributed by atoms with E-state index in [1.165, 1.54) is 42.5 Å². The molecular formula is C29H31F3N2O7S. The van der Waals surface area contributed by atoms with Crippen molar-refractivity contribution in [1.29, 1.82) is 0 Å². The van der Waals surface area contributed by atoms with E-state index in [-0.39, 0.29) is 47.6 Å². The van der Waals surface area contributed by atoms with Crippen molar-refractivity contribution in [2.24, 2.45) is 0 Å². The van der Waals surface area contributed by atoms with Crippen molar-refractivity contribution in [3.05, 3.63) is 89.5 Å². The summed E-state index contributed by atoms with van der Waals surface area (Å²) in [6.45, 7) is 1.75. The number of halogens is 3. The summed E-state index contributed by atoms with van der Waals surface area (Å²) < 4.78 is 80.4. The number of esters is 1. The van der Waals surface area contributed by atoms with E-state index in [2.05, 4.69) is 0 Å². The number of nitrogens with one attached hydrogen (secondary N) is 1. The smallest absolute Gasteiger partial charge is 0.467 e. The van der Waals surface area contributed by atoms with Crippen molar-refractivity contribution >= 4 is 21.7 Å². The number of carbonyl (C=O) groups is 2. The molecule has 1 N–H and O–H groups in total. The van der Waals surface area contributed by atoms with E-state index in [9.17, 15) is 31.2 Å². The Morgan fingerprint density at radius 3 is 2.21 bits per heavy atom. The number of ether oxygens (including phenoxy) is 3. The zero-order valence-electron chi connectivity index (χ0n) is 23.0. The van der Waals surface area contributed by atoms with Crippen molar-refractivity contribution in [1.82, 2.24) is 10.4 Å². The standard InChI is InChI=1S/C29H31F3N2O7S/c1-3-40-27(35)25-16-15-24(18-26(25)41-20-39-2)42(37,38)23-13-11-21(12-14-23)10-7-17-34(33-28(36)29(30,31)32)19-22-8-5-4-6-9-22/h4-6,8-9,11-16,18H,3,7,10,17,19-20H2,1-2H3,(H,33,36). The van der Waals surface area contributed by atoms with Crippen LogP contribution in [-0.2, 0) is 37.1 Å². The summed E-state index contributed by atoms with van der Waals surface area (Å²) in [5.74, 6) is -2.73. The van der Waals surface area contributed by atoms with Crippen molar-refractivity contribution < 1.29 is 45.4 Å². The quantitative estimate of drug-likeness (QED) is 0.159. The number of aryl methyl sites for hydroxylation is 1. The summed E-state index contributed by atoms with van der Waals surface area (Å²) in [6.07, 6.45) is -4.23. The van der Waals surface area contributed by atoms with Gasteiger partial charge in [0.1, 0.15) is 11.3 Å². The molecule has 3 rings (SSSR count). The molecule has 0 atom stereocenters. The first-order valence-electron chi connectivity index (χ1n) is 12.9. The molecule has 0 heterocycles. The van der Waals surface area contributed by atoms with Gasteiger partial charge in [-0.05, 0) is 55.2 Å². The molecule has 0 fully saturated rings. The van der Waals surface area contributed by atoms with Crippen LogP contribution in [0.15, 0.2) is 82.6 Å². The molecule has 0 aromatic heterocycles. The number of hydrazine groups is 1. The number of amides is 1. The molecule has 0 spiro atoms. The van der Waals surface area contributed by atoms with Gasteiger partial charge in [0.25, 0.3) is 0 Å². The predicted molar refractivity (Wildman–Crippen MR) is 146 cm³/mol. The van der Waals surface area contributed by atoms with Crippen LogP contribution in [0.5, 0.6) is 5.75 Å². The van der Waals surface area contributed by atoms with Gasteiger partial charge in [-0.15, -0.1) is 0 Å². The van der Waals surface area contributed by atoms with E-state index >= 15 is 0 Å². The molecular weight excluding hydrogens is 577 g/mol. The number of hydrogen-bond donors (Lipinski definition) is 1. The van der Waals surface area contributed by atoms with Gasteiger partial charge in [0.2, 0.25) is 9.84 Å². The number of methoxy groups -OCH3 is 1. The van der Waals surface area contributed by atoms with E-state index < -0.39 is 27.9 Å². The van der Waals surface area contributed by atoms with Crippen LogP contribution in [0.1, 0.15) is 34.8 Å². The van der Waals surface area contributed by atoms with Crippen LogP contribution in [0, 0.1) is 0 Å². The Morgan fingerprint density at radius 2 is 1.60 bits per heavy atom. The van der Waals surface area contributed by atoms with E-state index in [1.807, 2.05) is 5.43 Å². The summed E-state index contributed by atoms with van der Waals surface area (Å²) in [6, 6.07) is 18.6. The second-order valence-electron chi connectivity index (χ2n) is 9.03. The molecule has 13 heteroatoms. The summed E-state index contributed by atoms with van der Waals surface area (Å²) in [5.41, 5.74) is 3.44. The van der Waals surface area contributed by atoms with Crippen molar-refractivity contribution in [2.45, 2.75) is 42.3 Å². The number of rotatable bonds is 14. The summed E-state index contributed by atoms with van der Waals surface area (Å²) in [5, 5.41) is 1.20. The third-order valence-electron chi connectivity index (χ3n) is 5.95. The maximum atomic E-state index is 13.3. The predicted octanol–water partition coefficient (Wildman–Crippen LogP) is 4.71. The monoisotopic (exact) mass is 608 g/mol. The fourth-order valence-electron chi connectivity index (χ4n) is 3.92. The Morgan fingerprint density at radius 1 is 0.929 bits per heavy atom. The fourth-order valence-corrected chi connectivity index (χ4v) is 5.20. The SMILES string of the molecule is CCOC(=O)c1ccc(S(=O)(=O)c2ccc(CCCN(Cc3ccccc3)NC(=O)C(F)(F)F)cc2)cc1OCOC. The van der Waals surface area contributed by atoms with E-state index in [0.29, 0.717) is 12.8 Å². The van der Waals surface area contributed by atoms with Crippen LogP contribution < -0.4 is 10.2 Å². The molecule has 0 saturated heterocycles. The minimum Gasteiger partial charge on any atom is -0.467 e. The molecule has 0 radical (unpaired) electrons. The van der Waals surface area contributed by atoms with Gasteiger partial charge in [-0.3, -0.25) is 10.2 Å². The molecule has 3 aromatic carbocycles. The van der Waals surface area contributed by atoms with Gasteiger partial charge in [0.05, 0.1) is 16.4 Å². The highest BCUT2D eigenvalue weighted by molar-refractivity contribution is 7.91. The average Bonchev–Trinajstić information content (AvgIpc) is 2.96. The average molecular weight is 609 g/mol. The molecule has 9 nitrogen and oxygen atoms in total. The lowest BCUT2D eigenvalue weighted by atomic mass is 10.1. The van der Waals surface area contributed by atoms with Gasteiger partial charge in [0.15, 0.2) is 6.79 Å². The Hall–Kier alpha value is -3.94. The Kier molecular flexibility index (Phi) is 11.5. The summed E-state index contributed by atoms with van der Waals surface area (Å²) in [4.78, 5) is 23.7. The van der Waals surface area contributed by atoms with Crippen LogP contribution in [0.25, 0.3) is 0 Å². The zero-order chi connectivity index (χ0) is 30.8. The highest BCUT2D eigenvalue weighted by Crippen LogP contribution is 2.28. The first-order valence-corrected chi connectivity index (χ1v) is 14.4. The van der Waals surface area contributed by atoms with Crippen molar-refractivity contribution in [2.75, 3.05) is 27.1 Å². The molecule has 0 bridgehead atoms. The topological polar surface area (TPSA) is 111 Å². The number of nitrogens with zero attached hydrogens (tertiary/aromatic N) is 1.